The van der Waals surface area contributed by atoms with Crippen LogP contribution < -0.4 is 0 Å². The SMILES string of the molecule is O=C(CSc1nnc(-c2cccnc2)o1)N(C1CCCC1)[C@@H]1CCS(=O)(=O)C1. The van der Waals surface area contributed by atoms with Crippen LogP contribution >= 0.6 is 11.8 Å². The van der Waals surface area contributed by atoms with Crippen LogP contribution in [0, 0.1) is 0 Å². The van der Waals surface area contributed by atoms with Crippen molar-refractivity contribution in [1.82, 2.24) is 20.1 Å². The van der Waals surface area contributed by atoms with Crippen molar-refractivity contribution in [2.75, 3.05) is 17.3 Å². The molecular formula is C18H22N4O4S2. The maximum atomic E-state index is 13.0. The maximum Gasteiger partial charge on any atom is 0.277 e. The van der Waals surface area contributed by atoms with Crippen molar-refractivity contribution in [1.29, 1.82) is 0 Å². The van der Waals surface area contributed by atoms with Crippen molar-refractivity contribution in [3.8, 4) is 11.5 Å². The molecule has 2 aromatic rings. The van der Waals surface area contributed by atoms with Gasteiger partial charge in [0.15, 0.2) is 9.84 Å². The van der Waals surface area contributed by atoms with Crippen LogP contribution in [0.25, 0.3) is 11.5 Å². The Balaban J connectivity index is 1.42. The number of hydrogen-bond acceptors (Lipinski definition) is 8. The van der Waals surface area contributed by atoms with Gasteiger partial charge in [-0.3, -0.25) is 9.78 Å². The Bertz CT molecular complexity index is 926. The smallest absolute Gasteiger partial charge is 0.277 e. The molecule has 8 nitrogen and oxygen atoms in total. The molecule has 4 rings (SSSR count). The molecule has 3 heterocycles. The Kier molecular flexibility index (Phi) is 5.68. The highest BCUT2D eigenvalue weighted by atomic mass is 32.2. The molecule has 1 saturated heterocycles. The van der Waals surface area contributed by atoms with E-state index in [0.717, 1.165) is 31.2 Å². The van der Waals surface area contributed by atoms with Crippen LogP contribution in [0.5, 0.6) is 0 Å². The monoisotopic (exact) mass is 422 g/mol. The van der Waals surface area contributed by atoms with Crippen LogP contribution in [-0.2, 0) is 14.6 Å². The van der Waals surface area contributed by atoms with Crippen LogP contribution in [0.15, 0.2) is 34.2 Å². The third-order valence-corrected chi connectivity index (χ3v) is 7.80. The first kappa shape index (κ1) is 19.4. The molecule has 0 bridgehead atoms. The number of nitrogens with zero attached hydrogens (tertiary/aromatic N) is 4. The summed E-state index contributed by atoms with van der Waals surface area (Å²) in [6.07, 6.45) is 7.88. The summed E-state index contributed by atoms with van der Waals surface area (Å²) in [6, 6.07) is 3.53. The molecule has 10 heteroatoms. The van der Waals surface area contributed by atoms with E-state index in [1.165, 1.54) is 11.8 Å². The Morgan fingerprint density at radius 3 is 2.71 bits per heavy atom. The first-order valence-corrected chi connectivity index (χ1v) is 12.2. The summed E-state index contributed by atoms with van der Waals surface area (Å²) in [5.41, 5.74) is 0.719. The second kappa shape index (κ2) is 8.20. The number of pyridine rings is 1. The van der Waals surface area contributed by atoms with Crippen molar-refractivity contribution in [2.45, 2.75) is 49.4 Å². The lowest BCUT2D eigenvalue weighted by Crippen LogP contribution is -2.47. The highest BCUT2D eigenvalue weighted by Gasteiger charge is 2.38. The molecule has 2 fully saturated rings. The van der Waals surface area contributed by atoms with E-state index in [1.807, 2.05) is 11.0 Å². The second-order valence-electron chi connectivity index (χ2n) is 7.20. The average molecular weight is 423 g/mol. The fourth-order valence-electron chi connectivity index (χ4n) is 3.95. The molecular weight excluding hydrogens is 400 g/mol. The molecule has 0 unspecified atom stereocenters. The van der Waals surface area contributed by atoms with E-state index in [9.17, 15) is 13.2 Å². The summed E-state index contributed by atoms with van der Waals surface area (Å²) < 4.78 is 29.5. The van der Waals surface area contributed by atoms with Gasteiger partial charge in [-0.25, -0.2) is 8.42 Å². The molecule has 0 aromatic carbocycles. The Morgan fingerprint density at radius 1 is 1.21 bits per heavy atom. The number of thioether (sulfide) groups is 1. The van der Waals surface area contributed by atoms with E-state index in [-0.39, 0.29) is 35.2 Å². The second-order valence-corrected chi connectivity index (χ2v) is 10.4. The van der Waals surface area contributed by atoms with Crippen LogP contribution in [0.2, 0.25) is 0 Å². The fourth-order valence-corrected chi connectivity index (χ4v) is 6.30. The van der Waals surface area contributed by atoms with Gasteiger partial charge in [0.25, 0.3) is 5.22 Å². The van der Waals surface area contributed by atoms with Gasteiger partial charge in [0.05, 0.1) is 22.8 Å². The molecule has 1 amide bonds. The van der Waals surface area contributed by atoms with Gasteiger partial charge in [0.2, 0.25) is 11.8 Å². The average Bonchev–Trinajstić information content (AvgIpc) is 3.43. The van der Waals surface area contributed by atoms with Crippen LogP contribution in [0.1, 0.15) is 32.1 Å². The third kappa shape index (κ3) is 4.38. The quantitative estimate of drug-likeness (QED) is 0.652. The minimum atomic E-state index is -3.05. The van der Waals surface area contributed by atoms with Crippen molar-refractivity contribution in [3.63, 3.8) is 0 Å². The predicted molar refractivity (Wildman–Crippen MR) is 104 cm³/mol. The van der Waals surface area contributed by atoms with E-state index in [0.29, 0.717) is 17.5 Å². The predicted octanol–water partition coefficient (Wildman–Crippen LogP) is 2.18. The minimum absolute atomic E-state index is 0.0554. The number of carbonyl (C=O) groups excluding carboxylic acids is 1. The number of sulfone groups is 1. The summed E-state index contributed by atoms with van der Waals surface area (Å²) in [6.45, 7) is 0. The highest BCUT2D eigenvalue weighted by Crippen LogP contribution is 2.30. The van der Waals surface area contributed by atoms with Gasteiger partial charge >= 0.3 is 0 Å². The zero-order chi connectivity index (χ0) is 19.6. The van der Waals surface area contributed by atoms with Gasteiger partial charge in [-0.1, -0.05) is 24.6 Å². The van der Waals surface area contributed by atoms with Crippen molar-refractivity contribution >= 4 is 27.5 Å². The Morgan fingerprint density at radius 2 is 2.04 bits per heavy atom. The van der Waals surface area contributed by atoms with Gasteiger partial charge in [0, 0.05) is 24.5 Å². The summed E-state index contributed by atoms with van der Waals surface area (Å²) in [7, 11) is -3.05. The zero-order valence-corrected chi connectivity index (χ0v) is 17.0. The van der Waals surface area contributed by atoms with E-state index >= 15 is 0 Å². The highest BCUT2D eigenvalue weighted by molar-refractivity contribution is 7.99. The van der Waals surface area contributed by atoms with Gasteiger partial charge in [-0.2, -0.15) is 0 Å². The molecule has 2 aliphatic rings. The van der Waals surface area contributed by atoms with E-state index < -0.39 is 9.84 Å². The van der Waals surface area contributed by atoms with Crippen molar-refractivity contribution < 1.29 is 17.6 Å². The lowest BCUT2D eigenvalue weighted by molar-refractivity contribution is -0.132. The Labute approximate surface area is 168 Å². The molecule has 1 aliphatic heterocycles. The molecule has 0 radical (unpaired) electrons. The van der Waals surface area contributed by atoms with Crippen LogP contribution in [-0.4, -0.2) is 63.7 Å². The number of rotatable bonds is 6. The summed E-state index contributed by atoms with van der Waals surface area (Å²) in [5, 5.41) is 8.31. The van der Waals surface area contributed by atoms with Gasteiger partial charge < -0.3 is 9.32 Å². The van der Waals surface area contributed by atoms with Gasteiger partial charge in [-0.15, -0.1) is 10.2 Å². The van der Waals surface area contributed by atoms with Crippen LogP contribution in [0.3, 0.4) is 0 Å². The van der Waals surface area contributed by atoms with Crippen LogP contribution in [0.4, 0.5) is 0 Å². The topological polar surface area (TPSA) is 106 Å². The molecule has 1 saturated carbocycles. The fraction of sp³-hybridized carbons (Fsp3) is 0.556. The summed E-state index contributed by atoms with van der Waals surface area (Å²) in [4.78, 5) is 18.8. The molecule has 2 aromatic heterocycles. The number of hydrogen-bond donors (Lipinski definition) is 0. The standard InChI is InChI=1S/C18H22N4O4S2/c23-16(11-27-18-21-20-17(26-18)13-4-3-8-19-10-13)22(14-5-1-2-6-14)15-7-9-28(24,25)12-15/h3-4,8,10,14-15H,1-2,5-7,9,11-12H2/t15-/m1/s1. The normalized spacial score (nSPS) is 21.8. The molecule has 0 N–H and O–H groups in total. The van der Waals surface area contributed by atoms with E-state index in [4.69, 9.17) is 4.42 Å². The van der Waals surface area contributed by atoms with Crippen molar-refractivity contribution in [2.24, 2.45) is 0 Å². The third-order valence-electron chi connectivity index (χ3n) is 5.24. The first-order valence-electron chi connectivity index (χ1n) is 9.40. The molecule has 28 heavy (non-hydrogen) atoms. The lowest BCUT2D eigenvalue weighted by Gasteiger charge is -2.34. The summed E-state index contributed by atoms with van der Waals surface area (Å²) in [5.74, 6) is 0.699. The van der Waals surface area contributed by atoms with E-state index in [1.54, 1.807) is 18.5 Å². The van der Waals surface area contributed by atoms with E-state index in [2.05, 4.69) is 15.2 Å². The minimum Gasteiger partial charge on any atom is -0.411 e. The number of carbonyl (C=O) groups is 1. The van der Waals surface area contributed by atoms with Gasteiger partial charge in [-0.05, 0) is 31.4 Å². The zero-order valence-electron chi connectivity index (χ0n) is 15.4. The largest absolute Gasteiger partial charge is 0.411 e. The van der Waals surface area contributed by atoms with Crippen molar-refractivity contribution in [3.05, 3.63) is 24.5 Å². The summed E-state index contributed by atoms with van der Waals surface area (Å²) >= 11 is 1.19. The first-order chi connectivity index (χ1) is 13.5. The van der Waals surface area contributed by atoms with Gasteiger partial charge in [0.1, 0.15) is 0 Å². The number of aromatic nitrogens is 3. The molecule has 1 aliphatic carbocycles. The molecule has 150 valence electrons. The molecule has 0 spiro atoms. The Hall–Kier alpha value is -1.94. The lowest BCUT2D eigenvalue weighted by atomic mass is 10.1. The number of amides is 1. The maximum absolute atomic E-state index is 13.0. The molecule has 1 atom stereocenters.